The molecule has 0 aliphatic heterocycles. The molecular weight excluding hydrogens is 330 g/mol. The highest BCUT2D eigenvalue weighted by Crippen LogP contribution is 2.25. The third-order valence-electron chi connectivity index (χ3n) is 4.42. The number of aromatic hydroxyl groups is 1. The summed E-state index contributed by atoms with van der Waals surface area (Å²) in [5, 5.41) is 14.1. The Hall–Kier alpha value is -2.96. The second-order valence-corrected chi connectivity index (χ2v) is 6.62. The van der Waals surface area contributed by atoms with Crippen LogP contribution in [0.3, 0.4) is 0 Å². The van der Waals surface area contributed by atoms with Crippen molar-refractivity contribution in [2.24, 2.45) is 0 Å². The molecule has 3 aromatic rings. The second kappa shape index (κ2) is 7.11. The first-order valence-corrected chi connectivity index (χ1v) is 8.74. The predicted octanol–water partition coefficient (Wildman–Crippen LogP) is 3.68. The Bertz CT molecular complexity index is 1010. The summed E-state index contributed by atoms with van der Waals surface area (Å²) in [7, 11) is 0. The van der Waals surface area contributed by atoms with Gasteiger partial charge in [0.05, 0.1) is 16.8 Å². The fourth-order valence-electron chi connectivity index (χ4n) is 3.11. The lowest BCUT2D eigenvalue weighted by Crippen LogP contribution is -2.18. The molecule has 7 heteroatoms. The van der Waals surface area contributed by atoms with Crippen LogP contribution < -0.4 is 10.9 Å². The number of anilines is 2. The second-order valence-electron chi connectivity index (χ2n) is 6.62. The standard InChI is InChI=1S/C19H23N5O2/c1-5-6-11(3)15-16(25)22-19(23-17(15)26)24-18-20-12(4)13-9-10(2)7-8-14(13)21-18/h7-9,11H,5-6H2,1-4H3,(H3,20,21,22,23,24,25,26). The molecule has 3 N–H and O–H groups in total. The maximum Gasteiger partial charge on any atom is 0.259 e. The molecule has 0 saturated heterocycles. The number of fused-ring (bicyclic) bond motifs is 1. The maximum atomic E-state index is 12.3. The average molecular weight is 353 g/mol. The zero-order chi connectivity index (χ0) is 18.8. The van der Waals surface area contributed by atoms with Crippen molar-refractivity contribution in [1.29, 1.82) is 0 Å². The topological polar surface area (TPSA) is 104 Å². The monoisotopic (exact) mass is 353 g/mol. The van der Waals surface area contributed by atoms with Gasteiger partial charge in [-0.25, -0.2) is 9.97 Å². The minimum atomic E-state index is -0.353. The molecule has 7 nitrogen and oxygen atoms in total. The van der Waals surface area contributed by atoms with Crippen LogP contribution in [0, 0.1) is 13.8 Å². The summed E-state index contributed by atoms with van der Waals surface area (Å²) >= 11 is 0. The minimum Gasteiger partial charge on any atom is -0.493 e. The molecular formula is C19H23N5O2. The number of hydrogen-bond acceptors (Lipinski definition) is 6. The van der Waals surface area contributed by atoms with Crippen molar-refractivity contribution in [2.45, 2.75) is 46.5 Å². The lowest BCUT2D eigenvalue weighted by atomic mass is 9.99. The van der Waals surface area contributed by atoms with Crippen LogP contribution in [0.25, 0.3) is 10.9 Å². The van der Waals surface area contributed by atoms with Crippen LogP contribution in [0.1, 0.15) is 49.4 Å². The smallest absolute Gasteiger partial charge is 0.259 e. The third kappa shape index (κ3) is 3.51. The zero-order valence-corrected chi connectivity index (χ0v) is 15.4. The van der Waals surface area contributed by atoms with E-state index in [1.165, 1.54) is 0 Å². The van der Waals surface area contributed by atoms with Crippen molar-refractivity contribution in [2.75, 3.05) is 5.32 Å². The summed E-state index contributed by atoms with van der Waals surface area (Å²) in [6.45, 7) is 7.85. The van der Waals surface area contributed by atoms with Crippen molar-refractivity contribution in [3.05, 3.63) is 45.4 Å². The zero-order valence-electron chi connectivity index (χ0n) is 15.4. The van der Waals surface area contributed by atoms with Crippen molar-refractivity contribution in [3.8, 4) is 5.88 Å². The van der Waals surface area contributed by atoms with E-state index in [9.17, 15) is 9.90 Å². The lowest BCUT2D eigenvalue weighted by Gasteiger charge is -2.12. The molecule has 1 atom stereocenters. The SMILES string of the molecule is CCCC(C)c1c(O)nc(Nc2nc(C)c3cc(C)ccc3n2)[nH]c1=O. The molecule has 2 aromatic heterocycles. The van der Waals surface area contributed by atoms with Gasteiger partial charge in [-0.15, -0.1) is 0 Å². The first-order chi connectivity index (χ1) is 12.4. The van der Waals surface area contributed by atoms with Gasteiger partial charge >= 0.3 is 0 Å². The average Bonchev–Trinajstić information content (AvgIpc) is 2.55. The van der Waals surface area contributed by atoms with Gasteiger partial charge in [-0.2, -0.15) is 4.98 Å². The summed E-state index contributed by atoms with van der Waals surface area (Å²) in [6, 6.07) is 5.94. The van der Waals surface area contributed by atoms with Gasteiger partial charge in [0.2, 0.25) is 17.8 Å². The number of aromatic nitrogens is 4. The van der Waals surface area contributed by atoms with Crippen molar-refractivity contribution >= 4 is 22.8 Å². The molecule has 0 amide bonds. The molecule has 0 fully saturated rings. The predicted molar refractivity (Wildman–Crippen MR) is 102 cm³/mol. The normalized spacial score (nSPS) is 12.3. The van der Waals surface area contributed by atoms with Gasteiger partial charge in [0, 0.05) is 5.39 Å². The van der Waals surface area contributed by atoms with Crippen LogP contribution in [0.4, 0.5) is 11.9 Å². The van der Waals surface area contributed by atoms with Crippen LogP contribution in [0.5, 0.6) is 5.88 Å². The van der Waals surface area contributed by atoms with E-state index in [1.54, 1.807) is 0 Å². The van der Waals surface area contributed by atoms with Gasteiger partial charge in [0.25, 0.3) is 5.56 Å². The number of benzene rings is 1. The van der Waals surface area contributed by atoms with E-state index in [1.807, 2.05) is 45.9 Å². The van der Waals surface area contributed by atoms with E-state index in [0.717, 1.165) is 35.0 Å². The van der Waals surface area contributed by atoms with Crippen molar-refractivity contribution in [1.82, 2.24) is 19.9 Å². The molecule has 0 saturated carbocycles. The Labute approximate surface area is 151 Å². The highest BCUT2D eigenvalue weighted by Gasteiger charge is 2.17. The Morgan fingerprint density at radius 3 is 2.69 bits per heavy atom. The van der Waals surface area contributed by atoms with Crippen LogP contribution in [-0.2, 0) is 0 Å². The van der Waals surface area contributed by atoms with Crippen LogP contribution in [-0.4, -0.2) is 25.0 Å². The molecule has 0 aliphatic rings. The quantitative estimate of drug-likeness (QED) is 0.646. The Morgan fingerprint density at radius 1 is 1.23 bits per heavy atom. The summed E-state index contributed by atoms with van der Waals surface area (Å²) < 4.78 is 0. The Morgan fingerprint density at radius 2 is 2.00 bits per heavy atom. The number of aryl methyl sites for hydroxylation is 2. The largest absolute Gasteiger partial charge is 0.493 e. The van der Waals surface area contributed by atoms with Gasteiger partial charge in [-0.3, -0.25) is 15.1 Å². The van der Waals surface area contributed by atoms with Gasteiger partial charge < -0.3 is 5.11 Å². The van der Waals surface area contributed by atoms with Crippen LogP contribution >= 0.6 is 0 Å². The van der Waals surface area contributed by atoms with Gasteiger partial charge in [-0.05, 0) is 38.3 Å². The summed E-state index contributed by atoms with van der Waals surface area (Å²) in [6.07, 6.45) is 1.72. The highest BCUT2D eigenvalue weighted by molar-refractivity contribution is 5.82. The summed E-state index contributed by atoms with van der Waals surface area (Å²) in [4.78, 5) is 27.9. The number of aromatic amines is 1. The van der Waals surface area contributed by atoms with Crippen LogP contribution in [0.15, 0.2) is 23.0 Å². The first-order valence-electron chi connectivity index (χ1n) is 8.74. The highest BCUT2D eigenvalue weighted by atomic mass is 16.3. The Kier molecular flexibility index (Phi) is 4.88. The van der Waals surface area contributed by atoms with E-state index >= 15 is 0 Å². The molecule has 3 rings (SSSR count). The number of H-pyrrole nitrogens is 1. The van der Waals surface area contributed by atoms with E-state index in [0.29, 0.717) is 11.5 Å². The van der Waals surface area contributed by atoms with Gasteiger partial charge in [0.1, 0.15) is 0 Å². The maximum absolute atomic E-state index is 12.3. The fourth-order valence-corrected chi connectivity index (χ4v) is 3.11. The molecule has 0 radical (unpaired) electrons. The number of hydrogen-bond donors (Lipinski definition) is 3. The first kappa shape index (κ1) is 17.8. The van der Waals surface area contributed by atoms with Crippen molar-refractivity contribution in [3.63, 3.8) is 0 Å². The molecule has 2 heterocycles. The summed E-state index contributed by atoms with van der Waals surface area (Å²) in [5.74, 6) is 0.111. The third-order valence-corrected chi connectivity index (χ3v) is 4.42. The molecule has 0 bridgehead atoms. The Balaban J connectivity index is 1.95. The van der Waals surface area contributed by atoms with E-state index in [4.69, 9.17) is 0 Å². The van der Waals surface area contributed by atoms with Crippen molar-refractivity contribution < 1.29 is 5.11 Å². The fraction of sp³-hybridized carbons (Fsp3) is 0.368. The summed E-state index contributed by atoms with van der Waals surface area (Å²) in [5.41, 5.74) is 2.71. The molecule has 0 aliphatic carbocycles. The number of nitrogens with one attached hydrogen (secondary N) is 2. The van der Waals surface area contributed by atoms with Gasteiger partial charge in [-0.1, -0.05) is 31.9 Å². The van der Waals surface area contributed by atoms with E-state index in [2.05, 4.69) is 25.3 Å². The molecule has 26 heavy (non-hydrogen) atoms. The molecule has 0 spiro atoms. The number of rotatable bonds is 5. The van der Waals surface area contributed by atoms with E-state index in [-0.39, 0.29) is 23.3 Å². The molecule has 1 aromatic carbocycles. The van der Waals surface area contributed by atoms with E-state index < -0.39 is 0 Å². The number of nitrogens with zero attached hydrogens (tertiary/aromatic N) is 3. The van der Waals surface area contributed by atoms with Gasteiger partial charge in [0.15, 0.2) is 0 Å². The molecule has 1 unspecified atom stereocenters. The lowest BCUT2D eigenvalue weighted by molar-refractivity contribution is 0.436. The minimum absolute atomic E-state index is 0.0623. The molecule has 136 valence electrons. The van der Waals surface area contributed by atoms with Crippen LogP contribution in [0.2, 0.25) is 0 Å².